The smallest absolute Gasteiger partial charge is 0.258 e. The minimum Gasteiger partial charge on any atom is -0.484 e. The van der Waals surface area contributed by atoms with Gasteiger partial charge in [0.25, 0.3) is 5.91 Å². The van der Waals surface area contributed by atoms with Crippen molar-refractivity contribution >= 4 is 23.4 Å². The molecular weight excluding hydrogens is 356 g/mol. The zero-order valence-electron chi connectivity index (χ0n) is 15.1. The number of ether oxygens (including phenoxy) is 2. The molecule has 1 unspecified atom stereocenters. The lowest BCUT2D eigenvalue weighted by atomic mass is 9.44. The number of hydrogen-bond donors (Lipinski definition) is 2. The summed E-state index contributed by atoms with van der Waals surface area (Å²) in [5, 5.41) is 6.69. The Morgan fingerprint density at radius 3 is 2.15 bits per heavy atom. The molecule has 0 aromatic heterocycles. The number of rotatable bonds is 9. The van der Waals surface area contributed by atoms with Gasteiger partial charge in [0.15, 0.2) is 6.61 Å². The van der Waals surface area contributed by atoms with Gasteiger partial charge in [-0.2, -0.15) is 0 Å². The number of carbonyl (C=O) groups excluding carboxylic acids is 2. The Morgan fingerprint density at radius 1 is 1.08 bits per heavy atom. The van der Waals surface area contributed by atoms with Crippen LogP contribution in [0.25, 0.3) is 0 Å². The van der Waals surface area contributed by atoms with Crippen molar-refractivity contribution in [1.29, 1.82) is 0 Å². The molecule has 1 aromatic rings. The highest BCUT2D eigenvalue weighted by molar-refractivity contribution is 6.30. The zero-order chi connectivity index (χ0) is 18.8. The molecule has 4 rings (SSSR count). The fourth-order valence-electron chi connectivity index (χ4n) is 3.73. The number of benzene rings is 1. The molecule has 3 aliphatic carbocycles. The van der Waals surface area contributed by atoms with Crippen molar-refractivity contribution in [3.05, 3.63) is 29.3 Å². The van der Waals surface area contributed by atoms with E-state index in [-0.39, 0.29) is 42.2 Å². The molecule has 0 aliphatic heterocycles. The Morgan fingerprint density at radius 2 is 1.62 bits per heavy atom. The first-order valence-electron chi connectivity index (χ1n) is 8.96. The summed E-state index contributed by atoms with van der Waals surface area (Å²) in [5.74, 6) is 0.364. The molecule has 0 spiro atoms. The maximum absolute atomic E-state index is 12.1. The molecule has 142 valence electrons. The van der Waals surface area contributed by atoms with Crippen LogP contribution in [0.5, 0.6) is 5.75 Å². The van der Waals surface area contributed by atoms with E-state index in [0.29, 0.717) is 10.8 Å². The van der Waals surface area contributed by atoms with Gasteiger partial charge in [0.05, 0.1) is 6.10 Å². The summed E-state index contributed by atoms with van der Waals surface area (Å²) >= 11 is 5.81. The van der Waals surface area contributed by atoms with Gasteiger partial charge in [-0.3, -0.25) is 9.59 Å². The van der Waals surface area contributed by atoms with Crippen molar-refractivity contribution in [2.45, 2.75) is 56.7 Å². The van der Waals surface area contributed by atoms with Gasteiger partial charge in [0.2, 0.25) is 5.91 Å². The van der Waals surface area contributed by atoms with E-state index < -0.39 is 0 Å². The van der Waals surface area contributed by atoms with Crippen LogP contribution in [-0.4, -0.2) is 42.2 Å². The Labute approximate surface area is 158 Å². The predicted octanol–water partition coefficient (Wildman–Crippen LogP) is 2.44. The van der Waals surface area contributed by atoms with E-state index >= 15 is 0 Å². The van der Waals surface area contributed by atoms with Crippen LogP contribution in [-0.2, 0) is 14.3 Å². The van der Waals surface area contributed by atoms with E-state index in [9.17, 15) is 9.59 Å². The van der Waals surface area contributed by atoms with Crippen molar-refractivity contribution in [3.63, 3.8) is 0 Å². The minimum atomic E-state index is -0.189. The van der Waals surface area contributed by atoms with Crippen LogP contribution in [0.2, 0.25) is 5.02 Å². The van der Waals surface area contributed by atoms with Crippen LogP contribution in [0.15, 0.2) is 24.3 Å². The Bertz CT molecular complexity index is 657. The summed E-state index contributed by atoms with van der Waals surface area (Å²) in [4.78, 5) is 24.0. The molecule has 1 aromatic carbocycles. The molecule has 7 heteroatoms. The van der Waals surface area contributed by atoms with Crippen LogP contribution in [0, 0.1) is 0 Å². The largest absolute Gasteiger partial charge is 0.484 e. The van der Waals surface area contributed by atoms with Crippen molar-refractivity contribution in [1.82, 2.24) is 10.6 Å². The van der Waals surface area contributed by atoms with Crippen LogP contribution in [0.3, 0.4) is 0 Å². The highest BCUT2D eigenvalue weighted by atomic mass is 35.5. The highest BCUT2D eigenvalue weighted by Gasteiger charge is 2.69. The average molecular weight is 381 g/mol. The second kappa shape index (κ2) is 7.45. The SMILES string of the molecule is CCC(C)OCC(=O)NC12CC(NC(=O)COc3ccc(Cl)cc3)(C1)C2. The highest BCUT2D eigenvalue weighted by Crippen LogP contribution is 2.60. The number of halogens is 1. The van der Waals surface area contributed by atoms with E-state index in [1.54, 1.807) is 24.3 Å². The zero-order valence-corrected chi connectivity index (χ0v) is 15.9. The van der Waals surface area contributed by atoms with Crippen molar-refractivity contribution in [2.75, 3.05) is 13.2 Å². The molecule has 26 heavy (non-hydrogen) atoms. The van der Waals surface area contributed by atoms with Crippen LogP contribution in [0.4, 0.5) is 0 Å². The van der Waals surface area contributed by atoms with E-state index in [2.05, 4.69) is 10.6 Å². The molecule has 3 saturated carbocycles. The standard InChI is InChI=1S/C19H25ClN2O4/c1-3-13(2)25-8-16(23)21-18-10-19(11-18,12-18)22-17(24)9-26-15-6-4-14(20)5-7-15/h4-7,13H,3,8-12H2,1-2H3,(H,21,23)(H,22,24). The molecule has 2 bridgehead atoms. The Hall–Kier alpha value is -1.79. The van der Waals surface area contributed by atoms with Gasteiger partial charge in [-0.1, -0.05) is 18.5 Å². The molecule has 0 radical (unpaired) electrons. The van der Waals surface area contributed by atoms with Gasteiger partial charge < -0.3 is 20.1 Å². The molecule has 0 saturated heterocycles. The van der Waals surface area contributed by atoms with Crippen LogP contribution in [0.1, 0.15) is 39.5 Å². The summed E-state index contributed by atoms with van der Waals surface area (Å²) in [5.41, 5.74) is -0.356. The van der Waals surface area contributed by atoms with Crippen molar-refractivity contribution in [3.8, 4) is 5.75 Å². The molecular formula is C19H25ClN2O4. The summed E-state index contributed by atoms with van der Waals surface area (Å²) in [6, 6.07) is 6.88. The molecule has 3 fully saturated rings. The lowest BCUT2D eigenvalue weighted by Crippen LogP contribution is -2.84. The molecule has 2 amide bonds. The van der Waals surface area contributed by atoms with E-state index in [1.807, 2.05) is 13.8 Å². The predicted molar refractivity (Wildman–Crippen MR) is 98.3 cm³/mol. The fraction of sp³-hybridized carbons (Fsp3) is 0.579. The van der Waals surface area contributed by atoms with Gasteiger partial charge in [-0.05, 0) is 56.9 Å². The van der Waals surface area contributed by atoms with Gasteiger partial charge in [-0.15, -0.1) is 0 Å². The topological polar surface area (TPSA) is 76.7 Å². The van der Waals surface area contributed by atoms with Crippen LogP contribution < -0.4 is 15.4 Å². The summed E-state index contributed by atoms with van der Waals surface area (Å²) in [6.45, 7) is 4.02. The van der Waals surface area contributed by atoms with Gasteiger partial charge in [0, 0.05) is 16.1 Å². The van der Waals surface area contributed by atoms with Gasteiger partial charge >= 0.3 is 0 Å². The Balaban J connectivity index is 1.35. The number of hydrogen-bond acceptors (Lipinski definition) is 4. The van der Waals surface area contributed by atoms with E-state index in [1.165, 1.54) is 0 Å². The van der Waals surface area contributed by atoms with Gasteiger partial charge in [0.1, 0.15) is 12.4 Å². The van der Waals surface area contributed by atoms with Crippen molar-refractivity contribution in [2.24, 2.45) is 0 Å². The summed E-state index contributed by atoms with van der Waals surface area (Å²) in [6.07, 6.45) is 3.26. The molecule has 0 heterocycles. The third kappa shape index (κ3) is 4.30. The monoisotopic (exact) mass is 380 g/mol. The first kappa shape index (κ1) is 19.0. The third-order valence-electron chi connectivity index (χ3n) is 5.10. The second-order valence-electron chi connectivity index (χ2n) is 7.46. The van der Waals surface area contributed by atoms with E-state index in [4.69, 9.17) is 21.1 Å². The van der Waals surface area contributed by atoms with E-state index in [0.717, 1.165) is 25.7 Å². The van der Waals surface area contributed by atoms with Gasteiger partial charge in [-0.25, -0.2) is 0 Å². The molecule has 6 nitrogen and oxygen atoms in total. The second-order valence-corrected chi connectivity index (χ2v) is 7.90. The first-order valence-corrected chi connectivity index (χ1v) is 9.33. The quantitative estimate of drug-likeness (QED) is 0.689. The average Bonchev–Trinajstić information content (AvgIpc) is 2.56. The minimum absolute atomic E-state index is 0.0362. The molecule has 3 aliphatic rings. The maximum Gasteiger partial charge on any atom is 0.258 e. The number of carbonyl (C=O) groups is 2. The van der Waals surface area contributed by atoms with Crippen LogP contribution >= 0.6 is 11.6 Å². The lowest BCUT2D eigenvalue weighted by Gasteiger charge is -2.70. The Kier molecular flexibility index (Phi) is 5.44. The third-order valence-corrected chi connectivity index (χ3v) is 5.35. The molecule has 2 N–H and O–H groups in total. The lowest BCUT2D eigenvalue weighted by molar-refractivity contribution is -0.153. The molecule has 1 atom stereocenters. The maximum atomic E-state index is 12.1. The normalized spacial score (nSPS) is 26.9. The summed E-state index contributed by atoms with van der Waals surface area (Å²) in [7, 11) is 0. The number of amides is 2. The van der Waals surface area contributed by atoms with Crippen molar-refractivity contribution < 1.29 is 19.1 Å². The fourth-order valence-corrected chi connectivity index (χ4v) is 3.86. The summed E-state index contributed by atoms with van der Waals surface area (Å²) < 4.78 is 10.9. The number of nitrogens with one attached hydrogen (secondary N) is 2. The first-order chi connectivity index (χ1) is 12.3.